The van der Waals surface area contributed by atoms with Crippen LogP contribution in [-0.2, 0) is 19.1 Å². The monoisotopic (exact) mass is 255 g/mol. The van der Waals surface area contributed by atoms with Crippen molar-refractivity contribution in [3.63, 3.8) is 0 Å². The number of ether oxygens (including phenoxy) is 1. The summed E-state index contributed by atoms with van der Waals surface area (Å²) in [6.45, 7) is 0.332. The maximum absolute atomic E-state index is 11.7. The minimum Gasteiger partial charge on any atom is -0.481 e. The number of carbonyl (C=O) groups is 3. The summed E-state index contributed by atoms with van der Waals surface area (Å²) in [5.74, 6) is -2.19. The van der Waals surface area contributed by atoms with Crippen molar-refractivity contribution in [3.8, 4) is 0 Å². The fraction of sp³-hybridized carbons (Fsp3) is 0.583. The van der Waals surface area contributed by atoms with Gasteiger partial charge in [-0.25, -0.2) is 0 Å². The zero-order valence-electron chi connectivity index (χ0n) is 10.1. The third kappa shape index (κ3) is 5.47. The van der Waals surface area contributed by atoms with Gasteiger partial charge in [0.2, 0.25) is 5.91 Å². The van der Waals surface area contributed by atoms with Gasteiger partial charge in [-0.05, 0) is 12.8 Å². The maximum atomic E-state index is 11.7. The first-order valence-electron chi connectivity index (χ1n) is 5.89. The van der Waals surface area contributed by atoms with Crippen LogP contribution in [0.25, 0.3) is 0 Å². The van der Waals surface area contributed by atoms with E-state index in [9.17, 15) is 14.4 Å². The van der Waals surface area contributed by atoms with Crippen LogP contribution >= 0.6 is 0 Å². The van der Waals surface area contributed by atoms with Crippen molar-refractivity contribution in [2.75, 3.05) is 13.2 Å². The van der Waals surface area contributed by atoms with Crippen LogP contribution in [0.5, 0.6) is 0 Å². The zero-order valence-corrected chi connectivity index (χ0v) is 10.1. The van der Waals surface area contributed by atoms with E-state index in [0.29, 0.717) is 19.3 Å². The Morgan fingerprint density at radius 2 is 2.22 bits per heavy atom. The van der Waals surface area contributed by atoms with Gasteiger partial charge in [0.15, 0.2) is 0 Å². The van der Waals surface area contributed by atoms with Crippen molar-refractivity contribution < 1.29 is 24.2 Å². The predicted octanol–water partition coefficient (Wildman–Crippen LogP) is 0.477. The molecule has 0 aromatic carbocycles. The van der Waals surface area contributed by atoms with Crippen molar-refractivity contribution in [2.24, 2.45) is 5.92 Å². The lowest BCUT2D eigenvalue weighted by Crippen LogP contribution is -2.34. The second-order valence-electron chi connectivity index (χ2n) is 4.05. The van der Waals surface area contributed by atoms with Gasteiger partial charge in [0.1, 0.15) is 6.61 Å². The average Bonchev–Trinajstić information content (AvgIpc) is 2.30. The maximum Gasteiger partial charge on any atom is 0.306 e. The largest absolute Gasteiger partial charge is 0.481 e. The first-order chi connectivity index (χ1) is 8.59. The van der Waals surface area contributed by atoms with Crippen LogP contribution in [0.4, 0.5) is 0 Å². The molecule has 0 fully saturated rings. The summed E-state index contributed by atoms with van der Waals surface area (Å²) < 4.78 is 4.88. The van der Waals surface area contributed by atoms with Crippen molar-refractivity contribution in [1.82, 2.24) is 5.32 Å². The molecule has 1 unspecified atom stereocenters. The summed E-state index contributed by atoms with van der Waals surface area (Å²) in [6, 6.07) is 0. The molecule has 1 rings (SSSR count). The fourth-order valence-corrected chi connectivity index (χ4v) is 1.63. The molecule has 0 radical (unpaired) electrons. The molecule has 0 spiro atoms. The Hall–Kier alpha value is -1.85. The number of carboxylic acids is 1. The molecule has 1 aliphatic heterocycles. The molecule has 0 saturated heterocycles. The van der Waals surface area contributed by atoms with E-state index >= 15 is 0 Å². The van der Waals surface area contributed by atoms with Gasteiger partial charge in [0, 0.05) is 6.42 Å². The van der Waals surface area contributed by atoms with Gasteiger partial charge >= 0.3 is 11.9 Å². The summed E-state index contributed by atoms with van der Waals surface area (Å²) in [7, 11) is 0. The smallest absolute Gasteiger partial charge is 0.306 e. The molecule has 0 saturated carbocycles. The first-order valence-corrected chi connectivity index (χ1v) is 5.89. The van der Waals surface area contributed by atoms with Gasteiger partial charge in [-0.3, -0.25) is 14.4 Å². The zero-order chi connectivity index (χ0) is 13.4. The minimum absolute atomic E-state index is 0.119. The molecular formula is C12H17NO5. The molecule has 1 atom stereocenters. The second kappa shape index (κ2) is 7.47. The van der Waals surface area contributed by atoms with Crippen molar-refractivity contribution in [2.45, 2.75) is 25.7 Å². The quantitative estimate of drug-likeness (QED) is 0.553. The molecule has 1 aliphatic rings. The minimum atomic E-state index is -0.998. The highest BCUT2D eigenvalue weighted by Crippen LogP contribution is 2.11. The summed E-state index contributed by atoms with van der Waals surface area (Å²) in [4.78, 5) is 33.5. The lowest BCUT2D eigenvalue weighted by molar-refractivity contribution is -0.144. The molecule has 0 aromatic heterocycles. The number of hydrogen-bond acceptors (Lipinski definition) is 4. The number of carboxylic acid groups (broad SMARTS) is 1. The van der Waals surface area contributed by atoms with E-state index in [1.807, 2.05) is 0 Å². The van der Waals surface area contributed by atoms with E-state index in [0.717, 1.165) is 0 Å². The van der Waals surface area contributed by atoms with Crippen LogP contribution in [0.2, 0.25) is 0 Å². The average molecular weight is 255 g/mol. The van der Waals surface area contributed by atoms with Gasteiger partial charge in [-0.1, -0.05) is 12.2 Å². The topological polar surface area (TPSA) is 92.7 Å². The van der Waals surface area contributed by atoms with Crippen LogP contribution in [-0.4, -0.2) is 36.1 Å². The van der Waals surface area contributed by atoms with E-state index < -0.39 is 11.9 Å². The first kappa shape index (κ1) is 14.2. The summed E-state index contributed by atoms with van der Waals surface area (Å²) in [6.07, 6.45) is 4.52. The van der Waals surface area contributed by atoms with Crippen molar-refractivity contribution in [3.05, 3.63) is 12.2 Å². The van der Waals surface area contributed by atoms with Crippen LogP contribution in [0.15, 0.2) is 12.2 Å². The standard InChI is InChI=1S/C12H17NO5/c14-10(15)8-9-4-2-1-3-5-11(16)18-7-6-13-12(9)17/h1-2,9H,3-8H2,(H,13,17)(H,14,15). The molecule has 100 valence electrons. The highest BCUT2D eigenvalue weighted by atomic mass is 16.5. The molecule has 0 aliphatic carbocycles. The lowest BCUT2D eigenvalue weighted by atomic mass is 10.00. The van der Waals surface area contributed by atoms with Gasteiger partial charge in [-0.2, -0.15) is 0 Å². The van der Waals surface area contributed by atoms with Crippen LogP contribution in [0, 0.1) is 5.92 Å². The van der Waals surface area contributed by atoms with Crippen molar-refractivity contribution >= 4 is 17.8 Å². The number of allylic oxidation sites excluding steroid dienone is 2. The molecule has 2 N–H and O–H groups in total. The van der Waals surface area contributed by atoms with Gasteiger partial charge in [0.25, 0.3) is 0 Å². The van der Waals surface area contributed by atoms with Crippen LogP contribution < -0.4 is 5.32 Å². The number of carbonyl (C=O) groups excluding carboxylic acids is 2. The number of esters is 1. The molecule has 6 heteroatoms. The van der Waals surface area contributed by atoms with E-state index in [4.69, 9.17) is 9.84 Å². The Labute approximate surface area is 105 Å². The Balaban J connectivity index is 2.61. The number of aliphatic carboxylic acids is 1. The number of rotatable bonds is 2. The number of nitrogens with one attached hydrogen (secondary N) is 1. The normalized spacial score (nSPS) is 22.3. The number of hydrogen-bond donors (Lipinski definition) is 2. The third-order valence-electron chi connectivity index (χ3n) is 2.56. The highest BCUT2D eigenvalue weighted by Gasteiger charge is 2.20. The highest BCUT2D eigenvalue weighted by molar-refractivity contribution is 5.83. The van der Waals surface area contributed by atoms with Crippen molar-refractivity contribution in [1.29, 1.82) is 0 Å². The molecule has 1 amide bonds. The summed E-state index contributed by atoms with van der Waals surface area (Å²) in [5.41, 5.74) is 0. The number of amides is 1. The van der Waals surface area contributed by atoms with E-state index in [-0.39, 0.29) is 31.4 Å². The predicted molar refractivity (Wildman–Crippen MR) is 62.7 cm³/mol. The second-order valence-corrected chi connectivity index (χ2v) is 4.05. The molecule has 0 bridgehead atoms. The Morgan fingerprint density at radius 3 is 2.94 bits per heavy atom. The van der Waals surface area contributed by atoms with Gasteiger partial charge in [-0.15, -0.1) is 0 Å². The third-order valence-corrected chi connectivity index (χ3v) is 2.56. The SMILES string of the molecule is O=C(O)CC1CC=CCCC(=O)OCCNC1=O. The fourth-order valence-electron chi connectivity index (χ4n) is 1.63. The molecule has 6 nitrogen and oxygen atoms in total. The number of cyclic esters (lactones) is 1. The van der Waals surface area contributed by atoms with E-state index in [2.05, 4.69) is 5.32 Å². The molecular weight excluding hydrogens is 238 g/mol. The van der Waals surface area contributed by atoms with Crippen LogP contribution in [0.1, 0.15) is 25.7 Å². The Kier molecular flexibility index (Phi) is 5.90. The molecule has 1 heterocycles. The van der Waals surface area contributed by atoms with Crippen LogP contribution in [0.3, 0.4) is 0 Å². The van der Waals surface area contributed by atoms with Gasteiger partial charge < -0.3 is 15.2 Å². The Morgan fingerprint density at radius 1 is 1.44 bits per heavy atom. The Bertz CT molecular complexity index is 350. The summed E-state index contributed by atoms with van der Waals surface area (Å²) in [5, 5.41) is 11.3. The summed E-state index contributed by atoms with van der Waals surface area (Å²) >= 11 is 0. The molecule has 0 aromatic rings. The molecule has 18 heavy (non-hydrogen) atoms. The lowest BCUT2D eigenvalue weighted by Gasteiger charge is -2.14. The van der Waals surface area contributed by atoms with Gasteiger partial charge in [0.05, 0.1) is 18.9 Å². The van der Waals surface area contributed by atoms with E-state index in [1.165, 1.54) is 0 Å². The van der Waals surface area contributed by atoms with E-state index in [1.54, 1.807) is 12.2 Å².